The number of rotatable bonds is 3. The Morgan fingerprint density at radius 3 is 2.95 bits per heavy atom. The van der Waals surface area contributed by atoms with E-state index in [9.17, 15) is 0 Å². The van der Waals surface area contributed by atoms with Crippen molar-refractivity contribution in [3.63, 3.8) is 0 Å². The Morgan fingerprint density at radius 2 is 2.21 bits per heavy atom. The van der Waals surface area contributed by atoms with Crippen LogP contribution in [0.15, 0.2) is 11.4 Å². The first-order chi connectivity index (χ1) is 9.26. The second-order valence-corrected chi connectivity index (χ2v) is 6.07. The van der Waals surface area contributed by atoms with E-state index in [1.165, 1.54) is 0 Å². The maximum absolute atomic E-state index is 5.98. The van der Waals surface area contributed by atoms with E-state index >= 15 is 0 Å². The van der Waals surface area contributed by atoms with Crippen molar-refractivity contribution in [1.82, 2.24) is 14.9 Å². The molecule has 1 aliphatic heterocycles. The summed E-state index contributed by atoms with van der Waals surface area (Å²) in [5.41, 5.74) is 0. The van der Waals surface area contributed by atoms with Crippen LogP contribution in [0.25, 0.3) is 10.2 Å². The highest BCUT2D eigenvalue weighted by Crippen LogP contribution is 2.28. The van der Waals surface area contributed by atoms with Crippen molar-refractivity contribution in [2.75, 3.05) is 25.0 Å². The molecule has 1 saturated heterocycles. The molecule has 1 fully saturated rings. The fourth-order valence-electron chi connectivity index (χ4n) is 2.53. The zero-order valence-corrected chi connectivity index (χ0v) is 12.5. The minimum atomic E-state index is 0.323. The Morgan fingerprint density at radius 1 is 1.42 bits per heavy atom. The molecule has 4 nitrogen and oxygen atoms in total. The third-order valence-corrected chi connectivity index (χ3v) is 4.65. The number of hydrogen-bond donors (Lipinski definition) is 1. The average Bonchev–Trinajstić information content (AvgIpc) is 2.88. The predicted octanol–water partition coefficient (Wildman–Crippen LogP) is 3.24. The molecule has 2 aromatic rings. The van der Waals surface area contributed by atoms with Crippen LogP contribution in [-0.2, 0) is 0 Å². The van der Waals surface area contributed by atoms with Gasteiger partial charge < -0.3 is 10.2 Å². The topological polar surface area (TPSA) is 41.0 Å². The molecule has 0 bridgehead atoms. The van der Waals surface area contributed by atoms with Crippen molar-refractivity contribution >= 4 is 39.0 Å². The molecule has 0 unspecified atom stereocenters. The van der Waals surface area contributed by atoms with Crippen LogP contribution in [0.4, 0.5) is 5.82 Å². The highest BCUT2D eigenvalue weighted by atomic mass is 35.5. The van der Waals surface area contributed by atoms with Crippen LogP contribution in [0.5, 0.6) is 0 Å². The predicted molar refractivity (Wildman–Crippen MR) is 81.2 cm³/mol. The smallest absolute Gasteiger partial charge is 0.225 e. The highest BCUT2D eigenvalue weighted by molar-refractivity contribution is 7.16. The largest absolute Gasteiger partial charge is 0.367 e. The van der Waals surface area contributed by atoms with Gasteiger partial charge in [0.25, 0.3) is 0 Å². The van der Waals surface area contributed by atoms with Gasteiger partial charge in [-0.25, -0.2) is 9.97 Å². The van der Waals surface area contributed by atoms with Gasteiger partial charge in [0.15, 0.2) is 0 Å². The van der Waals surface area contributed by atoms with E-state index in [-0.39, 0.29) is 0 Å². The van der Waals surface area contributed by atoms with E-state index in [1.54, 1.807) is 11.3 Å². The molecule has 2 aromatic heterocycles. The summed E-state index contributed by atoms with van der Waals surface area (Å²) in [6.07, 6.45) is 2.31. The van der Waals surface area contributed by atoms with Crippen molar-refractivity contribution < 1.29 is 0 Å². The number of aromatic nitrogens is 2. The highest BCUT2D eigenvalue weighted by Gasteiger charge is 2.19. The average molecular weight is 297 g/mol. The van der Waals surface area contributed by atoms with Gasteiger partial charge in [0, 0.05) is 19.1 Å². The molecule has 0 saturated carbocycles. The number of nitrogens with one attached hydrogen (secondary N) is 1. The van der Waals surface area contributed by atoms with E-state index in [1.807, 2.05) is 5.38 Å². The molecule has 0 aromatic carbocycles. The normalized spacial score (nSPS) is 18.0. The summed E-state index contributed by atoms with van der Waals surface area (Å²) in [7, 11) is 0. The van der Waals surface area contributed by atoms with Gasteiger partial charge >= 0.3 is 0 Å². The van der Waals surface area contributed by atoms with Crippen LogP contribution in [-0.4, -0.2) is 40.5 Å². The number of halogens is 1. The second kappa shape index (κ2) is 5.61. The van der Waals surface area contributed by atoms with Crippen molar-refractivity contribution in [2.24, 2.45) is 0 Å². The molecule has 0 aliphatic carbocycles. The van der Waals surface area contributed by atoms with Crippen molar-refractivity contribution in [3.05, 3.63) is 16.7 Å². The van der Waals surface area contributed by atoms with E-state index in [0.717, 1.165) is 48.5 Å². The minimum Gasteiger partial charge on any atom is -0.367 e. The lowest BCUT2D eigenvalue weighted by Gasteiger charge is -2.31. The molecule has 19 heavy (non-hydrogen) atoms. The zero-order valence-electron chi connectivity index (χ0n) is 10.9. The SMILES string of the molecule is CCN1CCC(Nc2nc(Cl)nc3sccc23)CC1. The Hall–Kier alpha value is -0.910. The van der Waals surface area contributed by atoms with Crippen molar-refractivity contribution in [2.45, 2.75) is 25.8 Å². The molecule has 0 spiro atoms. The van der Waals surface area contributed by atoms with Gasteiger partial charge in [0.2, 0.25) is 5.28 Å². The van der Waals surface area contributed by atoms with Crippen LogP contribution in [0.2, 0.25) is 5.28 Å². The van der Waals surface area contributed by atoms with Crippen molar-refractivity contribution in [1.29, 1.82) is 0 Å². The molecular weight excluding hydrogens is 280 g/mol. The molecule has 3 rings (SSSR count). The Kier molecular flexibility index (Phi) is 3.86. The molecule has 102 valence electrons. The maximum atomic E-state index is 5.98. The summed E-state index contributed by atoms with van der Waals surface area (Å²) in [6, 6.07) is 2.54. The van der Waals surface area contributed by atoms with Gasteiger partial charge in [-0.2, -0.15) is 0 Å². The Balaban J connectivity index is 1.76. The van der Waals surface area contributed by atoms with Crippen molar-refractivity contribution in [3.8, 4) is 0 Å². The molecular formula is C13H17ClN4S. The van der Waals surface area contributed by atoms with E-state index in [0.29, 0.717) is 11.3 Å². The van der Waals surface area contributed by atoms with Gasteiger partial charge in [0.1, 0.15) is 10.6 Å². The summed E-state index contributed by atoms with van der Waals surface area (Å²) >= 11 is 7.58. The standard InChI is InChI=1S/C13H17ClN4S/c1-2-18-6-3-9(4-7-18)15-11-10-5-8-19-12(10)17-13(14)16-11/h5,8-9H,2-4,6-7H2,1H3,(H,15,16,17). The molecule has 0 amide bonds. The first kappa shape index (κ1) is 13.1. The zero-order chi connectivity index (χ0) is 13.2. The number of piperidine rings is 1. The molecule has 3 heterocycles. The second-order valence-electron chi connectivity index (χ2n) is 4.83. The van der Waals surface area contributed by atoms with Gasteiger partial charge in [0.05, 0.1) is 5.39 Å². The Labute approximate surface area is 121 Å². The summed E-state index contributed by atoms with van der Waals surface area (Å²) in [4.78, 5) is 12.0. The number of thiophene rings is 1. The fourth-order valence-corrected chi connectivity index (χ4v) is 3.51. The number of likely N-dealkylation sites (tertiary alicyclic amines) is 1. The van der Waals surface area contributed by atoms with Crippen LogP contribution >= 0.6 is 22.9 Å². The number of fused-ring (bicyclic) bond motifs is 1. The Bertz CT molecular complexity index is 563. The summed E-state index contributed by atoms with van der Waals surface area (Å²) in [6.45, 7) is 5.66. The summed E-state index contributed by atoms with van der Waals surface area (Å²) in [5, 5.41) is 6.97. The van der Waals surface area contributed by atoms with Crippen LogP contribution in [0.3, 0.4) is 0 Å². The summed E-state index contributed by atoms with van der Waals surface area (Å²) in [5.74, 6) is 0.881. The molecule has 0 radical (unpaired) electrons. The van der Waals surface area contributed by atoms with E-state index < -0.39 is 0 Å². The van der Waals surface area contributed by atoms with Crippen LogP contribution in [0.1, 0.15) is 19.8 Å². The summed E-state index contributed by atoms with van der Waals surface area (Å²) < 4.78 is 0. The van der Waals surface area contributed by atoms with Gasteiger partial charge in [-0.15, -0.1) is 11.3 Å². The van der Waals surface area contributed by atoms with Crippen LogP contribution < -0.4 is 5.32 Å². The lowest BCUT2D eigenvalue weighted by atomic mass is 10.1. The minimum absolute atomic E-state index is 0.323. The van der Waals surface area contributed by atoms with Gasteiger partial charge in [-0.1, -0.05) is 6.92 Å². The molecule has 1 aliphatic rings. The first-order valence-electron chi connectivity index (χ1n) is 6.66. The number of hydrogen-bond acceptors (Lipinski definition) is 5. The van der Waals surface area contributed by atoms with Crippen LogP contribution in [0, 0.1) is 0 Å². The molecule has 6 heteroatoms. The lowest BCUT2D eigenvalue weighted by molar-refractivity contribution is 0.229. The fraction of sp³-hybridized carbons (Fsp3) is 0.538. The molecule has 1 N–H and O–H groups in total. The van der Waals surface area contributed by atoms with E-state index in [4.69, 9.17) is 11.6 Å². The third-order valence-electron chi connectivity index (χ3n) is 3.67. The molecule has 0 atom stereocenters. The number of nitrogens with zero attached hydrogens (tertiary/aromatic N) is 3. The monoisotopic (exact) mass is 296 g/mol. The maximum Gasteiger partial charge on any atom is 0.225 e. The number of anilines is 1. The van der Waals surface area contributed by atoms with Gasteiger partial charge in [-0.05, 0) is 42.4 Å². The van der Waals surface area contributed by atoms with E-state index in [2.05, 4.69) is 33.2 Å². The third kappa shape index (κ3) is 2.83. The quantitative estimate of drug-likeness (QED) is 0.883. The lowest BCUT2D eigenvalue weighted by Crippen LogP contribution is -2.39. The first-order valence-corrected chi connectivity index (χ1v) is 7.91. The van der Waals surface area contributed by atoms with Gasteiger partial charge in [-0.3, -0.25) is 0 Å².